The summed E-state index contributed by atoms with van der Waals surface area (Å²) in [5.41, 5.74) is 0.496. The van der Waals surface area contributed by atoms with Gasteiger partial charge in [0.25, 0.3) is 0 Å². The molecule has 0 spiro atoms. The molecule has 2 aromatic heterocycles. The summed E-state index contributed by atoms with van der Waals surface area (Å²) in [6.45, 7) is 2.69. The van der Waals surface area contributed by atoms with Gasteiger partial charge in [-0.25, -0.2) is 0 Å². The van der Waals surface area contributed by atoms with E-state index in [1.54, 1.807) is 0 Å². The molecule has 0 aliphatic carbocycles. The van der Waals surface area contributed by atoms with Crippen LogP contribution in [0.15, 0.2) is 58.6 Å². The van der Waals surface area contributed by atoms with E-state index in [-0.39, 0.29) is 18.9 Å². The molecule has 4 nitrogen and oxygen atoms in total. The highest BCUT2D eigenvalue weighted by Crippen LogP contribution is 2.33. The van der Waals surface area contributed by atoms with E-state index < -0.39 is 5.60 Å². The van der Waals surface area contributed by atoms with Gasteiger partial charge in [0.1, 0.15) is 11.4 Å². The highest BCUT2D eigenvalue weighted by atomic mass is 32.1. The fraction of sp³-hybridized carbons (Fsp3) is 0.250. The van der Waals surface area contributed by atoms with Crippen molar-refractivity contribution < 1.29 is 14.6 Å². The topological polar surface area (TPSA) is 58.6 Å². The van der Waals surface area contributed by atoms with Crippen LogP contribution in [0.1, 0.15) is 22.9 Å². The number of hydrogen-bond donors (Lipinski definition) is 2. The quantitative estimate of drug-likeness (QED) is 0.618. The molecule has 1 aromatic carbocycles. The second-order valence-electron chi connectivity index (χ2n) is 5.88. The van der Waals surface area contributed by atoms with Gasteiger partial charge < -0.3 is 15.2 Å². The minimum atomic E-state index is -1.21. The number of ether oxygens (including phenoxy) is 1. The Kier molecular flexibility index (Phi) is 6.08. The molecule has 3 aromatic rings. The van der Waals surface area contributed by atoms with Gasteiger partial charge >= 0.3 is 0 Å². The summed E-state index contributed by atoms with van der Waals surface area (Å²) in [5.74, 6) is 0.667. The van der Waals surface area contributed by atoms with Gasteiger partial charge in [0.05, 0.1) is 19.6 Å². The number of carbonyl (C=O) groups excluding carboxylic acids is 1. The van der Waals surface area contributed by atoms with E-state index in [4.69, 9.17) is 4.74 Å². The SMILES string of the molecule is CCOc1ccc(CC(=O)NCC(O)(c2ccsc2)c2cccs2)cc1. The number of amides is 1. The monoisotopic (exact) mass is 387 g/mol. The zero-order valence-corrected chi connectivity index (χ0v) is 16.1. The molecule has 1 amide bonds. The van der Waals surface area contributed by atoms with Crippen molar-refractivity contribution in [1.82, 2.24) is 5.32 Å². The van der Waals surface area contributed by atoms with Gasteiger partial charge in [0, 0.05) is 10.4 Å². The summed E-state index contributed by atoms with van der Waals surface area (Å²) in [6, 6.07) is 13.2. The van der Waals surface area contributed by atoms with Crippen molar-refractivity contribution in [2.24, 2.45) is 0 Å². The van der Waals surface area contributed by atoms with Crippen LogP contribution in [0.3, 0.4) is 0 Å². The first-order valence-corrected chi connectivity index (χ1v) is 10.2. The fourth-order valence-electron chi connectivity index (χ4n) is 2.69. The second kappa shape index (κ2) is 8.49. The van der Waals surface area contributed by atoms with Crippen LogP contribution in [0, 0.1) is 0 Å². The molecular weight excluding hydrogens is 366 g/mol. The summed E-state index contributed by atoms with van der Waals surface area (Å²) in [5, 5.41) is 19.9. The molecule has 2 N–H and O–H groups in total. The molecule has 0 radical (unpaired) electrons. The summed E-state index contributed by atoms with van der Waals surface area (Å²) < 4.78 is 5.41. The lowest BCUT2D eigenvalue weighted by atomic mass is 9.94. The Labute approximate surface area is 161 Å². The molecule has 0 bridgehead atoms. The maximum atomic E-state index is 12.4. The number of rotatable bonds is 8. The van der Waals surface area contributed by atoms with Gasteiger partial charge in [0.2, 0.25) is 5.91 Å². The van der Waals surface area contributed by atoms with E-state index in [0.717, 1.165) is 21.8 Å². The van der Waals surface area contributed by atoms with Gasteiger partial charge in [-0.15, -0.1) is 11.3 Å². The minimum absolute atomic E-state index is 0.126. The lowest BCUT2D eigenvalue weighted by molar-refractivity contribution is -0.121. The smallest absolute Gasteiger partial charge is 0.224 e. The largest absolute Gasteiger partial charge is 0.494 e. The minimum Gasteiger partial charge on any atom is -0.494 e. The Hall–Kier alpha value is -2.15. The maximum Gasteiger partial charge on any atom is 0.224 e. The third-order valence-corrected chi connectivity index (χ3v) is 5.77. The summed E-state index contributed by atoms with van der Waals surface area (Å²) in [6.07, 6.45) is 0.260. The molecule has 1 unspecified atom stereocenters. The Balaban J connectivity index is 1.65. The average Bonchev–Trinajstić information content (AvgIpc) is 3.36. The van der Waals surface area contributed by atoms with E-state index >= 15 is 0 Å². The number of carbonyl (C=O) groups is 1. The Bertz CT molecular complexity index is 777. The Morgan fingerprint density at radius 3 is 2.62 bits per heavy atom. The Morgan fingerprint density at radius 2 is 2.00 bits per heavy atom. The lowest BCUT2D eigenvalue weighted by Crippen LogP contribution is -2.41. The van der Waals surface area contributed by atoms with Crippen molar-refractivity contribution in [2.75, 3.05) is 13.2 Å². The first-order chi connectivity index (χ1) is 12.6. The van der Waals surface area contributed by atoms with E-state index in [9.17, 15) is 9.90 Å². The van der Waals surface area contributed by atoms with E-state index in [0.29, 0.717) is 6.61 Å². The van der Waals surface area contributed by atoms with Crippen molar-refractivity contribution in [2.45, 2.75) is 18.9 Å². The molecule has 0 saturated carbocycles. The van der Waals surface area contributed by atoms with Crippen LogP contribution < -0.4 is 10.1 Å². The van der Waals surface area contributed by atoms with Gasteiger partial charge in [-0.05, 0) is 52.9 Å². The molecule has 0 fully saturated rings. The van der Waals surface area contributed by atoms with Crippen LogP contribution >= 0.6 is 22.7 Å². The van der Waals surface area contributed by atoms with E-state index in [1.807, 2.05) is 65.5 Å². The van der Waals surface area contributed by atoms with Gasteiger partial charge in [-0.2, -0.15) is 11.3 Å². The predicted molar refractivity (Wildman–Crippen MR) is 106 cm³/mol. The van der Waals surface area contributed by atoms with Crippen molar-refractivity contribution in [3.63, 3.8) is 0 Å². The zero-order valence-electron chi connectivity index (χ0n) is 14.5. The molecule has 6 heteroatoms. The molecular formula is C20H21NO3S2. The number of nitrogens with one attached hydrogen (secondary N) is 1. The summed E-state index contributed by atoms with van der Waals surface area (Å²) in [7, 11) is 0. The van der Waals surface area contributed by atoms with Crippen molar-refractivity contribution in [3.05, 3.63) is 74.6 Å². The Morgan fingerprint density at radius 1 is 1.19 bits per heavy atom. The first-order valence-electron chi connectivity index (χ1n) is 8.39. The third kappa shape index (κ3) is 4.33. The standard InChI is InChI=1S/C20H21NO3S2/c1-2-24-17-7-5-15(6-8-17)12-19(22)21-14-20(23,16-9-11-25-13-16)18-4-3-10-26-18/h3-11,13,23H,2,12,14H2,1H3,(H,21,22). The van der Waals surface area contributed by atoms with Crippen LogP contribution in [-0.4, -0.2) is 24.2 Å². The molecule has 0 saturated heterocycles. The maximum absolute atomic E-state index is 12.4. The van der Waals surface area contributed by atoms with Gasteiger partial charge in [-0.1, -0.05) is 18.2 Å². The van der Waals surface area contributed by atoms with Crippen molar-refractivity contribution >= 4 is 28.6 Å². The van der Waals surface area contributed by atoms with Crippen LogP contribution in [-0.2, 0) is 16.8 Å². The van der Waals surface area contributed by atoms with Crippen molar-refractivity contribution in [3.8, 4) is 5.75 Å². The van der Waals surface area contributed by atoms with Crippen LogP contribution in [0.5, 0.6) is 5.75 Å². The number of thiophene rings is 2. The van der Waals surface area contributed by atoms with E-state index in [1.165, 1.54) is 22.7 Å². The lowest BCUT2D eigenvalue weighted by Gasteiger charge is -2.27. The first kappa shape index (κ1) is 18.6. The van der Waals surface area contributed by atoms with Crippen LogP contribution in [0.4, 0.5) is 0 Å². The zero-order chi connectivity index (χ0) is 18.4. The molecule has 0 aliphatic heterocycles. The molecule has 136 valence electrons. The highest BCUT2D eigenvalue weighted by molar-refractivity contribution is 7.10. The van der Waals surface area contributed by atoms with Gasteiger partial charge in [-0.3, -0.25) is 4.79 Å². The predicted octanol–water partition coefficient (Wildman–Crippen LogP) is 3.80. The number of aliphatic hydroxyl groups is 1. The molecule has 3 rings (SSSR count). The van der Waals surface area contributed by atoms with Crippen LogP contribution in [0.2, 0.25) is 0 Å². The summed E-state index contributed by atoms with van der Waals surface area (Å²) in [4.78, 5) is 13.2. The number of hydrogen-bond acceptors (Lipinski definition) is 5. The fourth-order valence-corrected chi connectivity index (χ4v) is 4.26. The second-order valence-corrected chi connectivity index (χ2v) is 7.61. The van der Waals surface area contributed by atoms with E-state index in [2.05, 4.69) is 5.32 Å². The van der Waals surface area contributed by atoms with Gasteiger partial charge in [0.15, 0.2) is 0 Å². The van der Waals surface area contributed by atoms with Crippen LogP contribution in [0.25, 0.3) is 0 Å². The molecule has 26 heavy (non-hydrogen) atoms. The number of benzene rings is 1. The average molecular weight is 388 g/mol. The summed E-state index contributed by atoms with van der Waals surface area (Å²) >= 11 is 3.01. The molecule has 1 atom stereocenters. The highest BCUT2D eigenvalue weighted by Gasteiger charge is 2.33. The molecule has 0 aliphatic rings. The molecule has 2 heterocycles. The third-order valence-electron chi connectivity index (χ3n) is 4.07. The van der Waals surface area contributed by atoms with Crippen molar-refractivity contribution in [1.29, 1.82) is 0 Å². The normalized spacial score (nSPS) is 13.2.